The predicted molar refractivity (Wildman–Crippen MR) is 96.7 cm³/mol. The van der Waals surface area contributed by atoms with Gasteiger partial charge in [-0.1, -0.05) is 35.9 Å². The van der Waals surface area contributed by atoms with Crippen LogP contribution in [0.15, 0.2) is 18.2 Å². The van der Waals surface area contributed by atoms with Crippen molar-refractivity contribution in [3.05, 3.63) is 35.4 Å². The van der Waals surface area contributed by atoms with Crippen LogP contribution in [-0.2, 0) is 37.5 Å². The van der Waals surface area contributed by atoms with Gasteiger partial charge in [-0.15, -0.1) is 34.7 Å². The second-order valence-electron chi connectivity index (χ2n) is 4.81. The van der Waals surface area contributed by atoms with Crippen LogP contribution in [0.5, 0.6) is 5.75 Å². The summed E-state index contributed by atoms with van der Waals surface area (Å²) in [6.07, 6.45) is 6.07. The van der Waals surface area contributed by atoms with Crippen LogP contribution in [0.4, 0.5) is 0 Å². The van der Waals surface area contributed by atoms with Crippen LogP contribution in [0.3, 0.4) is 0 Å². The molecule has 1 amide bonds. The van der Waals surface area contributed by atoms with Gasteiger partial charge in [-0.25, -0.2) is 6.08 Å². The van der Waals surface area contributed by atoms with Gasteiger partial charge in [0.05, 0.1) is 3.92 Å². The van der Waals surface area contributed by atoms with Gasteiger partial charge in [-0.05, 0) is 25.3 Å². The Bertz CT molecular complexity index is 565. The SMILES string of the molecule is CCN1C(=O)C(I)C[C-]=C1c1ccc(OCSC)cc1C.[Y]. The Morgan fingerprint density at radius 2 is 2.23 bits per heavy atom. The average Bonchev–Trinajstić information content (AvgIpc) is 2.48. The van der Waals surface area contributed by atoms with Gasteiger partial charge in [-0.3, -0.25) is 4.79 Å². The number of carbonyl (C=O) groups is 1. The molecule has 1 aliphatic heterocycles. The Kier molecular flexibility index (Phi) is 8.97. The summed E-state index contributed by atoms with van der Waals surface area (Å²) in [6, 6.07) is 6.01. The molecule has 0 aliphatic carbocycles. The number of rotatable bonds is 5. The fourth-order valence-electron chi connectivity index (χ4n) is 2.32. The molecule has 1 aromatic rings. The van der Waals surface area contributed by atoms with E-state index in [0.29, 0.717) is 18.9 Å². The van der Waals surface area contributed by atoms with Crippen LogP contribution in [0.1, 0.15) is 24.5 Å². The van der Waals surface area contributed by atoms with Crippen LogP contribution in [-0.4, -0.2) is 33.5 Å². The summed E-state index contributed by atoms with van der Waals surface area (Å²) >= 11 is 3.84. The summed E-state index contributed by atoms with van der Waals surface area (Å²) in [4.78, 5) is 14.1. The van der Waals surface area contributed by atoms with Crippen LogP contribution in [0, 0.1) is 13.0 Å². The first-order chi connectivity index (χ1) is 10.1. The van der Waals surface area contributed by atoms with E-state index in [2.05, 4.69) is 28.7 Å². The van der Waals surface area contributed by atoms with Crippen molar-refractivity contribution in [1.29, 1.82) is 0 Å². The van der Waals surface area contributed by atoms with Crippen molar-refractivity contribution >= 4 is 46.0 Å². The number of amides is 1. The molecule has 1 aliphatic rings. The molecule has 0 aromatic heterocycles. The third-order valence-corrected chi connectivity index (χ3v) is 4.69. The normalized spacial score (nSPS) is 17.8. The largest absolute Gasteiger partial charge is 0.483 e. The molecule has 1 aromatic carbocycles. The molecule has 0 saturated carbocycles. The number of alkyl halides is 1. The Labute approximate surface area is 175 Å². The zero-order valence-corrected chi connectivity index (χ0v) is 18.9. The van der Waals surface area contributed by atoms with Gasteiger partial charge in [0.1, 0.15) is 11.7 Å². The number of hydrogen-bond acceptors (Lipinski definition) is 3. The quantitative estimate of drug-likeness (QED) is 0.264. The summed E-state index contributed by atoms with van der Waals surface area (Å²) < 4.78 is 5.62. The Morgan fingerprint density at radius 1 is 1.50 bits per heavy atom. The Morgan fingerprint density at radius 3 is 2.82 bits per heavy atom. The van der Waals surface area contributed by atoms with Gasteiger partial charge in [0.25, 0.3) is 0 Å². The van der Waals surface area contributed by atoms with Gasteiger partial charge in [0, 0.05) is 39.3 Å². The van der Waals surface area contributed by atoms with E-state index in [1.165, 1.54) is 0 Å². The van der Waals surface area contributed by atoms with Gasteiger partial charge in [0.2, 0.25) is 5.91 Å². The van der Waals surface area contributed by atoms with Crippen molar-refractivity contribution < 1.29 is 42.2 Å². The zero-order valence-electron chi connectivity index (χ0n) is 13.1. The minimum atomic E-state index is -0.00390. The van der Waals surface area contributed by atoms with E-state index < -0.39 is 0 Å². The van der Waals surface area contributed by atoms with Crippen molar-refractivity contribution in [3.8, 4) is 5.75 Å². The number of nitrogens with zero attached hydrogens (tertiary/aromatic N) is 1. The zero-order chi connectivity index (χ0) is 15.4. The molecule has 0 N–H and O–H groups in total. The number of allylic oxidation sites excluding steroid dienone is 1. The van der Waals surface area contributed by atoms with Crippen LogP contribution in [0.2, 0.25) is 0 Å². The van der Waals surface area contributed by atoms with Crippen molar-refractivity contribution in [1.82, 2.24) is 4.90 Å². The van der Waals surface area contributed by atoms with Crippen LogP contribution >= 0.6 is 34.4 Å². The number of aryl methyl sites for hydroxylation is 1. The van der Waals surface area contributed by atoms with E-state index in [1.807, 2.05) is 43.2 Å². The Balaban J connectivity index is 0.00000242. The first-order valence-electron chi connectivity index (χ1n) is 6.87. The molecule has 22 heavy (non-hydrogen) atoms. The van der Waals surface area contributed by atoms with Crippen molar-refractivity contribution in [2.75, 3.05) is 18.7 Å². The third kappa shape index (κ3) is 4.71. The molecule has 2 rings (SSSR count). The number of hydrogen-bond donors (Lipinski definition) is 0. The minimum absolute atomic E-state index is 0. The molecule has 1 atom stereocenters. The molecule has 3 nitrogen and oxygen atoms in total. The minimum Gasteiger partial charge on any atom is -0.483 e. The van der Waals surface area contributed by atoms with E-state index in [4.69, 9.17) is 4.74 Å². The van der Waals surface area contributed by atoms with Gasteiger partial charge in [0.15, 0.2) is 0 Å². The number of ether oxygens (including phenoxy) is 1. The summed E-state index contributed by atoms with van der Waals surface area (Å²) in [5.74, 6) is 1.68. The van der Waals surface area contributed by atoms with E-state index in [0.717, 1.165) is 22.6 Å². The standard InChI is InChI=1S/C16H19INO2S.Y/c1-4-18-15(8-7-14(17)16(18)19)13-6-5-12(9-11(13)2)20-10-21-3;/h5-6,9,14H,4,7,10H2,1-3H3;/q-1;. The molecule has 0 fully saturated rings. The van der Waals surface area contributed by atoms with Crippen molar-refractivity contribution in [2.24, 2.45) is 0 Å². The van der Waals surface area contributed by atoms with Gasteiger partial charge >= 0.3 is 0 Å². The number of benzene rings is 1. The van der Waals surface area contributed by atoms with E-state index in [9.17, 15) is 4.79 Å². The first-order valence-corrected chi connectivity index (χ1v) is 9.51. The fraction of sp³-hybridized carbons (Fsp3) is 0.438. The molecule has 6 heteroatoms. The summed E-state index contributed by atoms with van der Waals surface area (Å²) in [7, 11) is 0. The number of thioether (sulfide) groups is 1. The molecule has 1 heterocycles. The monoisotopic (exact) mass is 505 g/mol. The molecule has 117 valence electrons. The average molecular weight is 505 g/mol. The third-order valence-electron chi connectivity index (χ3n) is 3.37. The maximum Gasteiger partial charge on any atom is 0.235 e. The molecular weight excluding hydrogens is 486 g/mol. The molecule has 0 saturated heterocycles. The number of halogens is 1. The summed E-state index contributed by atoms with van der Waals surface area (Å²) in [5.41, 5.74) is 3.07. The Hall–Kier alpha value is 0.414. The molecule has 1 radical (unpaired) electrons. The van der Waals surface area contributed by atoms with E-state index >= 15 is 0 Å². The van der Waals surface area contributed by atoms with Crippen molar-refractivity contribution in [3.63, 3.8) is 0 Å². The van der Waals surface area contributed by atoms with Gasteiger partial charge in [-0.2, -0.15) is 0 Å². The molecule has 0 spiro atoms. The summed E-state index contributed by atoms with van der Waals surface area (Å²) in [6.45, 7) is 4.72. The molecule has 0 bridgehead atoms. The van der Waals surface area contributed by atoms with E-state index in [-0.39, 0.29) is 42.5 Å². The smallest absolute Gasteiger partial charge is 0.235 e. The predicted octanol–water partition coefficient (Wildman–Crippen LogP) is 3.89. The van der Waals surface area contributed by atoms with Gasteiger partial charge < -0.3 is 9.64 Å². The van der Waals surface area contributed by atoms with Crippen LogP contribution in [0.25, 0.3) is 5.70 Å². The first kappa shape index (κ1) is 20.5. The van der Waals surface area contributed by atoms with Crippen molar-refractivity contribution in [2.45, 2.75) is 24.2 Å². The number of carbonyl (C=O) groups excluding carboxylic acids is 1. The maximum absolute atomic E-state index is 12.3. The molecular formula is C16H19INO2SY-. The fourth-order valence-corrected chi connectivity index (χ4v) is 3.13. The topological polar surface area (TPSA) is 29.5 Å². The maximum atomic E-state index is 12.3. The second-order valence-corrected chi connectivity index (χ2v) is 7.12. The molecule has 1 unspecified atom stereocenters. The van der Waals surface area contributed by atoms with Crippen LogP contribution < -0.4 is 4.74 Å². The summed E-state index contributed by atoms with van der Waals surface area (Å²) in [5, 5.41) is 0. The van der Waals surface area contributed by atoms with E-state index in [1.54, 1.807) is 11.8 Å². The second kappa shape index (κ2) is 9.65.